The molecule has 0 saturated heterocycles. The number of rotatable bonds is 5. The van der Waals surface area contributed by atoms with Gasteiger partial charge in [-0.05, 0) is 36.6 Å². The van der Waals surface area contributed by atoms with Gasteiger partial charge in [0.25, 0.3) is 0 Å². The molecule has 0 aliphatic carbocycles. The van der Waals surface area contributed by atoms with Crippen LogP contribution in [-0.2, 0) is 11.2 Å². The van der Waals surface area contributed by atoms with Gasteiger partial charge in [0.1, 0.15) is 0 Å². The monoisotopic (exact) mass is 261 g/mol. The van der Waals surface area contributed by atoms with Gasteiger partial charge in [-0.15, -0.1) is 11.3 Å². The largest absolute Gasteiger partial charge is 0.384 e. The Morgan fingerprint density at radius 3 is 2.67 bits per heavy atom. The highest BCUT2D eigenvalue weighted by molar-refractivity contribution is 7.15. The van der Waals surface area contributed by atoms with Gasteiger partial charge < -0.3 is 10.5 Å². The average molecular weight is 261 g/mol. The van der Waals surface area contributed by atoms with E-state index in [1.54, 1.807) is 18.4 Å². The van der Waals surface area contributed by atoms with Crippen molar-refractivity contribution in [3.05, 3.63) is 46.8 Å². The molecule has 0 aliphatic rings. The number of nitrogens with two attached hydrogens (primary N) is 1. The highest BCUT2D eigenvalue weighted by atomic mass is 32.1. The van der Waals surface area contributed by atoms with E-state index in [2.05, 4.69) is 36.4 Å². The first kappa shape index (κ1) is 13.3. The lowest BCUT2D eigenvalue weighted by molar-refractivity contribution is 0.202. The van der Waals surface area contributed by atoms with Crippen molar-refractivity contribution in [3.63, 3.8) is 0 Å². The smallest absolute Gasteiger partial charge is 0.0502 e. The third-order valence-electron chi connectivity index (χ3n) is 2.93. The summed E-state index contributed by atoms with van der Waals surface area (Å²) in [5, 5.41) is 0. The summed E-state index contributed by atoms with van der Waals surface area (Å²) in [5.74, 6) is 0. The first-order valence-corrected chi connectivity index (χ1v) is 6.96. The number of hydrogen-bond acceptors (Lipinski definition) is 3. The normalized spacial score (nSPS) is 12.6. The summed E-state index contributed by atoms with van der Waals surface area (Å²) in [6.45, 7) is 2.77. The number of hydrogen-bond donors (Lipinski definition) is 1. The standard InChI is InChI=1S/C15H19NOS/c1-11(16)14-7-8-15(18-14)13-6-4-3-5-12(13)9-10-17-2/h3-8,11H,9-10,16H2,1-2H3. The van der Waals surface area contributed by atoms with Crippen molar-refractivity contribution in [1.82, 2.24) is 0 Å². The highest BCUT2D eigenvalue weighted by Gasteiger charge is 2.09. The fourth-order valence-electron chi connectivity index (χ4n) is 1.93. The fraction of sp³-hybridized carbons (Fsp3) is 0.333. The molecule has 0 radical (unpaired) electrons. The van der Waals surface area contributed by atoms with Crippen molar-refractivity contribution in [2.75, 3.05) is 13.7 Å². The molecule has 2 aromatic rings. The lowest BCUT2D eigenvalue weighted by atomic mass is 10.0. The summed E-state index contributed by atoms with van der Waals surface area (Å²) in [4.78, 5) is 2.51. The molecule has 2 nitrogen and oxygen atoms in total. The molecule has 96 valence electrons. The molecule has 2 rings (SSSR count). The van der Waals surface area contributed by atoms with E-state index >= 15 is 0 Å². The molecule has 0 amide bonds. The van der Waals surface area contributed by atoms with Crippen LogP contribution in [0.5, 0.6) is 0 Å². The van der Waals surface area contributed by atoms with Crippen LogP contribution in [-0.4, -0.2) is 13.7 Å². The van der Waals surface area contributed by atoms with E-state index in [9.17, 15) is 0 Å². The molecule has 1 aromatic carbocycles. The van der Waals surface area contributed by atoms with E-state index in [-0.39, 0.29) is 6.04 Å². The van der Waals surface area contributed by atoms with Gasteiger partial charge in [-0.3, -0.25) is 0 Å². The Bertz CT molecular complexity index is 505. The maximum absolute atomic E-state index is 5.91. The Morgan fingerprint density at radius 2 is 2.00 bits per heavy atom. The molecule has 0 bridgehead atoms. The van der Waals surface area contributed by atoms with Gasteiger partial charge in [0, 0.05) is 22.9 Å². The zero-order chi connectivity index (χ0) is 13.0. The van der Waals surface area contributed by atoms with Crippen LogP contribution in [0.1, 0.15) is 23.4 Å². The average Bonchev–Trinajstić information content (AvgIpc) is 2.86. The maximum atomic E-state index is 5.91. The van der Waals surface area contributed by atoms with Crippen LogP contribution in [0.4, 0.5) is 0 Å². The summed E-state index contributed by atoms with van der Waals surface area (Å²) in [6.07, 6.45) is 0.943. The fourth-order valence-corrected chi connectivity index (χ4v) is 2.95. The summed E-state index contributed by atoms with van der Waals surface area (Å²) in [7, 11) is 1.74. The van der Waals surface area contributed by atoms with Crippen LogP contribution >= 0.6 is 11.3 Å². The molecule has 1 heterocycles. The van der Waals surface area contributed by atoms with Gasteiger partial charge in [0.15, 0.2) is 0 Å². The molecule has 1 atom stereocenters. The molecular weight excluding hydrogens is 242 g/mol. The van der Waals surface area contributed by atoms with Crippen LogP contribution in [0.2, 0.25) is 0 Å². The van der Waals surface area contributed by atoms with Gasteiger partial charge >= 0.3 is 0 Å². The van der Waals surface area contributed by atoms with Gasteiger partial charge in [-0.2, -0.15) is 0 Å². The molecule has 1 unspecified atom stereocenters. The summed E-state index contributed by atoms with van der Waals surface area (Å²) in [6, 6.07) is 12.9. The van der Waals surface area contributed by atoms with Crippen molar-refractivity contribution < 1.29 is 4.74 Å². The van der Waals surface area contributed by atoms with Crippen molar-refractivity contribution in [1.29, 1.82) is 0 Å². The van der Waals surface area contributed by atoms with Crippen molar-refractivity contribution in [2.45, 2.75) is 19.4 Å². The molecule has 3 heteroatoms. The molecule has 0 fully saturated rings. The van der Waals surface area contributed by atoms with Crippen LogP contribution in [0.25, 0.3) is 10.4 Å². The quantitative estimate of drug-likeness (QED) is 0.892. The zero-order valence-corrected chi connectivity index (χ0v) is 11.7. The third kappa shape index (κ3) is 2.99. The Balaban J connectivity index is 2.30. The Kier molecular flexibility index (Phi) is 4.53. The number of benzene rings is 1. The van der Waals surface area contributed by atoms with Gasteiger partial charge in [0.05, 0.1) is 6.61 Å². The van der Waals surface area contributed by atoms with Crippen molar-refractivity contribution in [3.8, 4) is 10.4 Å². The molecule has 18 heavy (non-hydrogen) atoms. The SMILES string of the molecule is COCCc1ccccc1-c1ccc(C(C)N)s1. The van der Waals surface area contributed by atoms with Crippen LogP contribution in [0.15, 0.2) is 36.4 Å². The molecule has 0 spiro atoms. The predicted molar refractivity (Wildman–Crippen MR) is 77.9 cm³/mol. The van der Waals surface area contributed by atoms with E-state index in [0.29, 0.717) is 0 Å². The van der Waals surface area contributed by atoms with Crippen LogP contribution in [0.3, 0.4) is 0 Å². The second-order valence-electron chi connectivity index (χ2n) is 4.39. The lowest BCUT2D eigenvalue weighted by Gasteiger charge is -2.07. The van der Waals surface area contributed by atoms with E-state index in [1.165, 1.54) is 20.9 Å². The van der Waals surface area contributed by atoms with E-state index in [0.717, 1.165) is 13.0 Å². The summed E-state index contributed by atoms with van der Waals surface area (Å²) >= 11 is 1.78. The Hall–Kier alpha value is -1.16. The Labute approximate surface area is 112 Å². The highest BCUT2D eigenvalue weighted by Crippen LogP contribution is 2.32. The maximum Gasteiger partial charge on any atom is 0.0502 e. The molecule has 1 aromatic heterocycles. The topological polar surface area (TPSA) is 35.2 Å². The minimum Gasteiger partial charge on any atom is -0.384 e. The van der Waals surface area contributed by atoms with E-state index in [1.807, 2.05) is 6.92 Å². The molecule has 0 aliphatic heterocycles. The first-order valence-electron chi connectivity index (χ1n) is 6.15. The van der Waals surface area contributed by atoms with Gasteiger partial charge in [-0.25, -0.2) is 0 Å². The van der Waals surface area contributed by atoms with Crippen LogP contribution in [0, 0.1) is 0 Å². The molecule has 0 saturated carbocycles. The first-order chi connectivity index (χ1) is 8.72. The second-order valence-corrected chi connectivity index (χ2v) is 5.51. The predicted octanol–water partition coefficient (Wildman–Crippen LogP) is 3.62. The van der Waals surface area contributed by atoms with E-state index < -0.39 is 0 Å². The van der Waals surface area contributed by atoms with Crippen LogP contribution < -0.4 is 5.73 Å². The third-order valence-corrected chi connectivity index (χ3v) is 4.25. The lowest BCUT2D eigenvalue weighted by Crippen LogP contribution is -2.01. The van der Waals surface area contributed by atoms with Gasteiger partial charge in [-0.1, -0.05) is 24.3 Å². The number of methoxy groups -OCH3 is 1. The zero-order valence-electron chi connectivity index (χ0n) is 10.8. The minimum atomic E-state index is 0.106. The number of ether oxygens (including phenoxy) is 1. The van der Waals surface area contributed by atoms with Crippen molar-refractivity contribution >= 4 is 11.3 Å². The van der Waals surface area contributed by atoms with Crippen molar-refractivity contribution in [2.24, 2.45) is 5.73 Å². The summed E-state index contributed by atoms with van der Waals surface area (Å²) in [5.41, 5.74) is 8.54. The molecular formula is C15H19NOS. The minimum absolute atomic E-state index is 0.106. The summed E-state index contributed by atoms with van der Waals surface area (Å²) < 4.78 is 5.16. The second kappa shape index (κ2) is 6.14. The molecule has 2 N–H and O–H groups in total. The number of thiophene rings is 1. The Morgan fingerprint density at radius 1 is 1.22 bits per heavy atom. The van der Waals surface area contributed by atoms with E-state index in [4.69, 9.17) is 10.5 Å². The van der Waals surface area contributed by atoms with Gasteiger partial charge in [0.2, 0.25) is 0 Å².